The first kappa shape index (κ1) is 21.1. The predicted molar refractivity (Wildman–Crippen MR) is 88.7 cm³/mol. The second-order valence-electron chi connectivity index (χ2n) is 6.02. The van der Waals surface area contributed by atoms with Crippen molar-refractivity contribution in [2.24, 2.45) is 17.3 Å². The van der Waals surface area contributed by atoms with E-state index in [4.69, 9.17) is 18.5 Å². The SMILES string of the molecule is CCOC(=O)C1(C(=O)OCC)CC(CC)C(CP(=O)(OC)OC)C1. The first-order valence-electron chi connectivity index (χ1n) is 8.37. The molecule has 0 spiro atoms. The van der Waals surface area contributed by atoms with Crippen LogP contribution in [-0.4, -0.2) is 45.5 Å². The molecule has 1 fully saturated rings. The Morgan fingerprint density at radius 1 is 0.958 bits per heavy atom. The Kier molecular flexibility index (Phi) is 7.90. The molecule has 1 aliphatic carbocycles. The monoisotopic (exact) mass is 364 g/mol. The van der Waals surface area contributed by atoms with Gasteiger partial charge < -0.3 is 18.5 Å². The molecule has 0 N–H and O–H groups in total. The van der Waals surface area contributed by atoms with Gasteiger partial charge in [0.2, 0.25) is 0 Å². The minimum Gasteiger partial charge on any atom is -0.465 e. The van der Waals surface area contributed by atoms with E-state index in [0.29, 0.717) is 6.42 Å². The molecule has 0 aromatic rings. The summed E-state index contributed by atoms with van der Waals surface area (Å²) in [6.45, 7) is 5.76. The van der Waals surface area contributed by atoms with Gasteiger partial charge >= 0.3 is 19.5 Å². The van der Waals surface area contributed by atoms with Gasteiger partial charge in [-0.25, -0.2) is 0 Å². The molecule has 1 aliphatic rings. The van der Waals surface area contributed by atoms with Crippen molar-refractivity contribution in [3.8, 4) is 0 Å². The lowest BCUT2D eigenvalue weighted by molar-refractivity contribution is -0.172. The Bertz CT molecular complexity index is 465. The summed E-state index contributed by atoms with van der Waals surface area (Å²) in [6, 6.07) is 0. The van der Waals surface area contributed by atoms with Gasteiger partial charge in [0.05, 0.1) is 19.4 Å². The highest BCUT2D eigenvalue weighted by Gasteiger charge is 2.58. The largest absolute Gasteiger partial charge is 0.465 e. The van der Waals surface area contributed by atoms with Crippen LogP contribution < -0.4 is 0 Å². The van der Waals surface area contributed by atoms with Crippen LogP contribution in [0, 0.1) is 17.3 Å². The Labute approximate surface area is 143 Å². The molecule has 0 aromatic heterocycles. The maximum absolute atomic E-state index is 12.5. The van der Waals surface area contributed by atoms with Crippen LogP contribution in [0.15, 0.2) is 0 Å². The van der Waals surface area contributed by atoms with E-state index >= 15 is 0 Å². The van der Waals surface area contributed by atoms with E-state index in [1.807, 2.05) is 6.92 Å². The van der Waals surface area contributed by atoms with Crippen LogP contribution in [0.5, 0.6) is 0 Å². The molecule has 1 rings (SSSR count). The Morgan fingerprint density at radius 2 is 1.42 bits per heavy atom. The van der Waals surface area contributed by atoms with Crippen molar-refractivity contribution < 1.29 is 32.7 Å². The van der Waals surface area contributed by atoms with E-state index in [1.165, 1.54) is 14.2 Å². The summed E-state index contributed by atoms with van der Waals surface area (Å²) in [5.74, 6) is -1.23. The van der Waals surface area contributed by atoms with Crippen molar-refractivity contribution in [2.45, 2.75) is 40.0 Å². The lowest BCUT2D eigenvalue weighted by atomic mass is 9.84. The molecule has 140 valence electrons. The fraction of sp³-hybridized carbons (Fsp3) is 0.875. The molecule has 0 aromatic carbocycles. The van der Waals surface area contributed by atoms with Gasteiger partial charge in [0.1, 0.15) is 0 Å². The quantitative estimate of drug-likeness (QED) is 0.353. The van der Waals surface area contributed by atoms with Crippen molar-refractivity contribution in [3.63, 3.8) is 0 Å². The zero-order valence-corrected chi connectivity index (χ0v) is 16.1. The van der Waals surface area contributed by atoms with Crippen LogP contribution in [-0.2, 0) is 32.7 Å². The molecule has 1 saturated carbocycles. The third kappa shape index (κ3) is 4.38. The minimum absolute atomic E-state index is 0.0393. The third-order valence-electron chi connectivity index (χ3n) is 4.76. The Balaban J connectivity index is 3.12. The lowest BCUT2D eigenvalue weighted by Gasteiger charge is -2.25. The van der Waals surface area contributed by atoms with Crippen LogP contribution in [0.2, 0.25) is 0 Å². The average Bonchev–Trinajstić information content (AvgIpc) is 2.94. The highest BCUT2D eigenvalue weighted by Crippen LogP contribution is 2.56. The molecule has 0 heterocycles. The highest BCUT2D eigenvalue weighted by molar-refractivity contribution is 7.53. The van der Waals surface area contributed by atoms with Gasteiger partial charge in [0, 0.05) is 14.2 Å². The summed E-state index contributed by atoms with van der Waals surface area (Å²) in [7, 11) is -0.558. The summed E-state index contributed by atoms with van der Waals surface area (Å²) in [5.41, 5.74) is -1.33. The Morgan fingerprint density at radius 3 is 1.79 bits per heavy atom. The van der Waals surface area contributed by atoms with Crippen LogP contribution in [0.3, 0.4) is 0 Å². The fourth-order valence-corrected chi connectivity index (χ4v) is 4.92. The predicted octanol–water partition coefficient (Wildman–Crippen LogP) is 3.02. The Hall–Kier alpha value is -0.910. The van der Waals surface area contributed by atoms with E-state index in [1.54, 1.807) is 13.8 Å². The molecule has 2 atom stereocenters. The van der Waals surface area contributed by atoms with Crippen molar-refractivity contribution >= 4 is 19.5 Å². The third-order valence-corrected chi connectivity index (χ3v) is 6.79. The van der Waals surface area contributed by atoms with Crippen molar-refractivity contribution in [3.05, 3.63) is 0 Å². The first-order valence-corrected chi connectivity index (χ1v) is 10.1. The van der Waals surface area contributed by atoms with Gasteiger partial charge in [0.25, 0.3) is 0 Å². The summed E-state index contributed by atoms with van der Waals surface area (Å²) in [4.78, 5) is 25.1. The molecule has 0 bridgehead atoms. The molecular weight excluding hydrogens is 335 g/mol. The molecule has 2 unspecified atom stereocenters. The topological polar surface area (TPSA) is 88.1 Å². The van der Waals surface area contributed by atoms with Crippen LogP contribution in [0.4, 0.5) is 0 Å². The molecule has 24 heavy (non-hydrogen) atoms. The molecule has 0 amide bonds. The van der Waals surface area contributed by atoms with Gasteiger partial charge in [-0.05, 0) is 38.5 Å². The molecule has 8 heteroatoms. The van der Waals surface area contributed by atoms with Gasteiger partial charge in [0.15, 0.2) is 5.41 Å². The number of esters is 2. The lowest BCUT2D eigenvalue weighted by Crippen LogP contribution is -2.40. The van der Waals surface area contributed by atoms with Gasteiger partial charge in [-0.1, -0.05) is 13.3 Å². The normalized spacial score (nSPS) is 23.0. The van der Waals surface area contributed by atoms with Crippen LogP contribution in [0.1, 0.15) is 40.0 Å². The van der Waals surface area contributed by atoms with E-state index in [-0.39, 0.29) is 37.6 Å². The van der Waals surface area contributed by atoms with E-state index < -0.39 is 24.9 Å². The number of carbonyl (C=O) groups is 2. The van der Waals surface area contributed by atoms with Crippen molar-refractivity contribution in [1.29, 1.82) is 0 Å². The summed E-state index contributed by atoms with van der Waals surface area (Å²) in [6.07, 6.45) is 1.48. The second kappa shape index (κ2) is 8.97. The first-order chi connectivity index (χ1) is 11.3. The van der Waals surface area contributed by atoms with Gasteiger partial charge in [-0.15, -0.1) is 0 Å². The number of rotatable bonds is 9. The number of ether oxygens (including phenoxy) is 2. The number of hydrogen-bond donors (Lipinski definition) is 0. The fourth-order valence-electron chi connectivity index (χ4n) is 3.47. The summed E-state index contributed by atoms with van der Waals surface area (Å²) >= 11 is 0. The van der Waals surface area contributed by atoms with Gasteiger partial charge in [-0.3, -0.25) is 14.2 Å². The van der Waals surface area contributed by atoms with Crippen LogP contribution in [0.25, 0.3) is 0 Å². The summed E-state index contributed by atoms with van der Waals surface area (Å²) in [5, 5.41) is 0. The maximum atomic E-state index is 12.5. The second-order valence-corrected chi connectivity index (χ2v) is 8.34. The van der Waals surface area contributed by atoms with E-state index in [9.17, 15) is 14.2 Å². The van der Waals surface area contributed by atoms with Crippen LogP contribution >= 0.6 is 7.60 Å². The van der Waals surface area contributed by atoms with Crippen molar-refractivity contribution in [1.82, 2.24) is 0 Å². The van der Waals surface area contributed by atoms with Gasteiger partial charge in [-0.2, -0.15) is 0 Å². The summed E-state index contributed by atoms with van der Waals surface area (Å²) < 4.78 is 32.8. The molecule has 0 aliphatic heterocycles. The molecular formula is C16H29O7P. The molecule has 0 saturated heterocycles. The molecule has 0 radical (unpaired) electrons. The number of carbonyl (C=O) groups excluding carboxylic acids is 2. The zero-order chi connectivity index (χ0) is 18.4. The minimum atomic E-state index is -3.23. The highest BCUT2D eigenvalue weighted by atomic mass is 31.2. The van der Waals surface area contributed by atoms with E-state index in [0.717, 1.165) is 6.42 Å². The average molecular weight is 364 g/mol. The van der Waals surface area contributed by atoms with Crippen molar-refractivity contribution in [2.75, 3.05) is 33.6 Å². The molecule has 7 nitrogen and oxygen atoms in total. The standard InChI is InChI=1S/C16H29O7P/c1-6-12-9-16(14(17)22-7-2,15(18)23-8-3)10-13(12)11-24(19,20-4)21-5/h12-13H,6-11H2,1-5H3. The van der Waals surface area contributed by atoms with E-state index in [2.05, 4.69) is 0 Å². The number of hydrogen-bond acceptors (Lipinski definition) is 7. The smallest absolute Gasteiger partial charge is 0.330 e. The zero-order valence-electron chi connectivity index (χ0n) is 15.2. The maximum Gasteiger partial charge on any atom is 0.330 e.